The molecule has 1 fully saturated rings. The van der Waals surface area contributed by atoms with Crippen molar-refractivity contribution in [2.45, 2.75) is 13.0 Å². The monoisotopic (exact) mass is 259 g/mol. The van der Waals surface area contributed by atoms with Gasteiger partial charge in [-0.15, -0.1) is 0 Å². The normalized spacial score (nSPS) is 20.5. The number of aromatic nitrogens is 1. The van der Waals surface area contributed by atoms with Gasteiger partial charge in [-0.25, -0.2) is 13.8 Å². The third kappa shape index (κ3) is 2.46. The van der Waals surface area contributed by atoms with Crippen LogP contribution in [0, 0.1) is 11.6 Å². The smallest absolute Gasteiger partial charge is 0.168 e. The number of thioether (sulfide) groups is 1. The zero-order chi connectivity index (χ0) is 12.4. The summed E-state index contributed by atoms with van der Waals surface area (Å²) in [4.78, 5) is 5.91. The first kappa shape index (κ1) is 12.4. The van der Waals surface area contributed by atoms with Gasteiger partial charge in [-0.2, -0.15) is 11.8 Å². The van der Waals surface area contributed by atoms with Crippen molar-refractivity contribution in [1.82, 2.24) is 4.98 Å². The van der Waals surface area contributed by atoms with Gasteiger partial charge in [-0.3, -0.25) is 0 Å². The molecule has 1 unspecified atom stereocenters. The largest absolute Gasteiger partial charge is 0.371 e. The molecule has 6 heteroatoms. The molecule has 0 amide bonds. The SMILES string of the molecule is CNc1nc(N2CCSCC2C)c(F)cc1F. The summed E-state index contributed by atoms with van der Waals surface area (Å²) < 4.78 is 27.1. The molecule has 94 valence electrons. The van der Waals surface area contributed by atoms with Crippen molar-refractivity contribution < 1.29 is 8.78 Å². The van der Waals surface area contributed by atoms with E-state index < -0.39 is 11.6 Å². The summed E-state index contributed by atoms with van der Waals surface area (Å²) in [6, 6.07) is 1.11. The van der Waals surface area contributed by atoms with Gasteiger partial charge in [-0.1, -0.05) is 0 Å². The Hall–Kier alpha value is -1.04. The number of pyridine rings is 1. The molecule has 0 spiro atoms. The predicted molar refractivity (Wildman–Crippen MR) is 67.8 cm³/mol. The second-order valence-electron chi connectivity index (χ2n) is 3.99. The third-order valence-electron chi connectivity index (χ3n) is 2.79. The van der Waals surface area contributed by atoms with Crippen LogP contribution in [0.4, 0.5) is 20.4 Å². The molecular formula is C11H15F2N3S. The fourth-order valence-corrected chi connectivity index (χ4v) is 2.89. The highest BCUT2D eigenvalue weighted by atomic mass is 32.2. The van der Waals surface area contributed by atoms with E-state index in [0.717, 1.165) is 24.1 Å². The summed E-state index contributed by atoms with van der Waals surface area (Å²) in [5.74, 6) is 0.953. The molecule has 1 aromatic rings. The number of anilines is 2. The zero-order valence-corrected chi connectivity index (χ0v) is 10.7. The summed E-state index contributed by atoms with van der Waals surface area (Å²) >= 11 is 1.84. The van der Waals surface area contributed by atoms with Crippen molar-refractivity contribution in [2.75, 3.05) is 35.3 Å². The Bertz CT molecular complexity index is 414. The van der Waals surface area contributed by atoms with Crippen molar-refractivity contribution >= 4 is 23.4 Å². The Morgan fingerprint density at radius 3 is 2.88 bits per heavy atom. The van der Waals surface area contributed by atoms with Gasteiger partial charge < -0.3 is 10.2 Å². The minimum atomic E-state index is -0.659. The highest BCUT2D eigenvalue weighted by Crippen LogP contribution is 2.27. The molecule has 0 aliphatic carbocycles. The van der Waals surface area contributed by atoms with Crippen LogP contribution in [0.1, 0.15) is 6.92 Å². The molecule has 3 nitrogen and oxygen atoms in total. The Morgan fingerprint density at radius 1 is 1.47 bits per heavy atom. The minimum Gasteiger partial charge on any atom is -0.371 e. The number of rotatable bonds is 2. The molecule has 1 N–H and O–H groups in total. The third-order valence-corrected chi connectivity index (χ3v) is 3.98. The molecular weight excluding hydrogens is 244 g/mol. The van der Waals surface area contributed by atoms with Crippen LogP contribution in [0.3, 0.4) is 0 Å². The molecule has 1 atom stereocenters. The van der Waals surface area contributed by atoms with Crippen molar-refractivity contribution in [1.29, 1.82) is 0 Å². The molecule has 0 aromatic carbocycles. The number of nitrogens with zero attached hydrogens (tertiary/aromatic N) is 2. The van der Waals surface area contributed by atoms with Gasteiger partial charge in [0.05, 0.1) is 0 Å². The molecule has 1 saturated heterocycles. The average molecular weight is 259 g/mol. The molecule has 1 aliphatic heterocycles. The van der Waals surface area contributed by atoms with Crippen molar-refractivity contribution in [3.8, 4) is 0 Å². The van der Waals surface area contributed by atoms with Gasteiger partial charge in [0.1, 0.15) is 0 Å². The molecule has 2 rings (SSSR count). The lowest BCUT2D eigenvalue weighted by Crippen LogP contribution is -2.41. The summed E-state index contributed by atoms with van der Waals surface area (Å²) in [6.07, 6.45) is 0. The molecule has 0 saturated carbocycles. The van der Waals surface area contributed by atoms with Gasteiger partial charge in [0, 0.05) is 37.2 Å². The minimum absolute atomic E-state index is 0.0897. The van der Waals surface area contributed by atoms with E-state index >= 15 is 0 Å². The second kappa shape index (κ2) is 5.08. The van der Waals surface area contributed by atoms with E-state index in [4.69, 9.17) is 0 Å². The Morgan fingerprint density at radius 2 is 2.24 bits per heavy atom. The number of hydrogen-bond acceptors (Lipinski definition) is 4. The predicted octanol–water partition coefficient (Wildman–Crippen LogP) is 2.34. The van der Waals surface area contributed by atoms with Crippen molar-refractivity contribution in [3.05, 3.63) is 17.7 Å². The van der Waals surface area contributed by atoms with E-state index in [1.807, 2.05) is 23.6 Å². The molecule has 0 bridgehead atoms. The Balaban J connectivity index is 2.36. The van der Waals surface area contributed by atoms with Crippen LogP contribution < -0.4 is 10.2 Å². The Labute approximate surface area is 104 Å². The maximum absolute atomic E-state index is 13.7. The topological polar surface area (TPSA) is 28.2 Å². The maximum atomic E-state index is 13.7. The van der Waals surface area contributed by atoms with Gasteiger partial charge in [-0.05, 0) is 6.92 Å². The number of nitrogens with one attached hydrogen (secondary N) is 1. The first-order chi connectivity index (χ1) is 8.13. The van der Waals surface area contributed by atoms with E-state index in [2.05, 4.69) is 10.3 Å². The summed E-state index contributed by atoms with van der Waals surface area (Å²) in [7, 11) is 1.57. The van der Waals surface area contributed by atoms with E-state index in [1.165, 1.54) is 0 Å². The molecule has 17 heavy (non-hydrogen) atoms. The van der Waals surface area contributed by atoms with E-state index in [0.29, 0.717) is 0 Å². The molecule has 2 heterocycles. The van der Waals surface area contributed by atoms with Gasteiger partial charge in [0.25, 0.3) is 0 Å². The van der Waals surface area contributed by atoms with Gasteiger partial charge in [0.15, 0.2) is 23.3 Å². The van der Waals surface area contributed by atoms with Crippen LogP contribution in [0.5, 0.6) is 0 Å². The fourth-order valence-electron chi connectivity index (χ4n) is 1.88. The summed E-state index contributed by atoms with van der Waals surface area (Å²) in [5.41, 5.74) is 0. The molecule has 0 radical (unpaired) electrons. The standard InChI is InChI=1S/C11H15F2N3S/c1-7-6-17-4-3-16(7)11-9(13)5-8(12)10(14-2)15-11/h5,7H,3-4,6H2,1-2H3,(H,14,15). The first-order valence-corrected chi connectivity index (χ1v) is 6.67. The highest BCUT2D eigenvalue weighted by Gasteiger charge is 2.24. The van der Waals surface area contributed by atoms with Gasteiger partial charge in [0.2, 0.25) is 0 Å². The first-order valence-electron chi connectivity index (χ1n) is 5.51. The lowest BCUT2D eigenvalue weighted by atomic mass is 10.3. The molecule has 1 aliphatic rings. The van der Waals surface area contributed by atoms with E-state index in [9.17, 15) is 8.78 Å². The van der Waals surface area contributed by atoms with Crippen LogP contribution in [-0.4, -0.2) is 36.1 Å². The zero-order valence-electron chi connectivity index (χ0n) is 9.83. The van der Waals surface area contributed by atoms with Crippen molar-refractivity contribution in [3.63, 3.8) is 0 Å². The maximum Gasteiger partial charge on any atom is 0.168 e. The lowest BCUT2D eigenvalue weighted by molar-refractivity contribution is 0.562. The van der Waals surface area contributed by atoms with Gasteiger partial charge >= 0.3 is 0 Å². The molecule has 1 aromatic heterocycles. The van der Waals surface area contributed by atoms with Crippen LogP contribution in [-0.2, 0) is 0 Å². The van der Waals surface area contributed by atoms with Crippen molar-refractivity contribution in [2.24, 2.45) is 0 Å². The average Bonchev–Trinajstić information content (AvgIpc) is 2.31. The highest BCUT2D eigenvalue weighted by molar-refractivity contribution is 7.99. The van der Waals surface area contributed by atoms with Crippen LogP contribution in [0.15, 0.2) is 6.07 Å². The quantitative estimate of drug-likeness (QED) is 0.882. The fraction of sp³-hybridized carbons (Fsp3) is 0.545. The van der Waals surface area contributed by atoms with E-state index in [1.54, 1.807) is 7.05 Å². The Kier molecular flexibility index (Phi) is 3.71. The number of halogens is 2. The second-order valence-corrected chi connectivity index (χ2v) is 5.14. The lowest BCUT2D eigenvalue weighted by Gasteiger charge is -2.34. The van der Waals surface area contributed by atoms with Crippen LogP contribution in [0.2, 0.25) is 0 Å². The van der Waals surface area contributed by atoms with Crippen LogP contribution >= 0.6 is 11.8 Å². The summed E-state index contributed by atoms with van der Waals surface area (Å²) in [5, 5.41) is 2.63. The van der Waals surface area contributed by atoms with Crippen LogP contribution in [0.25, 0.3) is 0 Å². The number of hydrogen-bond donors (Lipinski definition) is 1. The summed E-state index contributed by atoms with van der Waals surface area (Å²) in [6.45, 7) is 2.76. The van der Waals surface area contributed by atoms with E-state index in [-0.39, 0.29) is 17.7 Å².